The highest BCUT2D eigenvalue weighted by Crippen LogP contribution is 2.49. The van der Waals surface area contributed by atoms with Crippen molar-refractivity contribution in [2.45, 2.75) is 0 Å². The molecule has 0 radical (unpaired) electrons. The largest absolute Gasteiger partial charge is 0.310 e. The minimum absolute atomic E-state index is 0.0211. The van der Waals surface area contributed by atoms with Gasteiger partial charge in [-0.15, -0.1) is 0 Å². The van der Waals surface area contributed by atoms with Crippen LogP contribution in [0.4, 0.5) is 34.1 Å². The Hall–Kier alpha value is -8.95. The van der Waals surface area contributed by atoms with E-state index < -0.39 is 0 Å². The van der Waals surface area contributed by atoms with Crippen molar-refractivity contribution in [1.82, 2.24) is 0 Å². The van der Waals surface area contributed by atoms with Gasteiger partial charge in [-0.05, 0) is 93.7 Å². The molecule has 0 aliphatic heterocycles. The van der Waals surface area contributed by atoms with E-state index >= 15 is 0 Å². The minimum atomic E-state index is -0.0211. The van der Waals surface area contributed by atoms with E-state index in [9.17, 15) is 15.8 Å². The van der Waals surface area contributed by atoms with Gasteiger partial charge in [0, 0.05) is 50.2 Å². The third-order valence-corrected chi connectivity index (χ3v) is 11.6. The lowest BCUT2D eigenvalue weighted by Gasteiger charge is -2.27. The number of hydrogen-bond acceptors (Lipinski definition) is 5. The molecular formula is C57H35N5. The number of benzene rings is 9. The summed E-state index contributed by atoms with van der Waals surface area (Å²) in [6.07, 6.45) is 0. The Morgan fingerprint density at radius 1 is 0.355 bits per heavy atom. The summed E-state index contributed by atoms with van der Waals surface area (Å²) < 4.78 is 0. The number of hydrogen-bond donors (Lipinski definition) is 0. The maximum absolute atomic E-state index is 10.4. The number of fused-ring (bicyclic) bond motifs is 3. The van der Waals surface area contributed by atoms with Crippen LogP contribution in [0, 0.1) is 34.0 Å². The first-order chi connectivity index (χ1) is 30.6. The lowest BCUT2D eigenvalue weighted by atomic mass is 9.92. The van der Waals surface area contributed by atoms with Crippen molar-refractivity contribution < 1.29 is 0 Å². The van der Waals surface area contributed by atoms with Crippen LogP contribution in [0.25, 0.3) is 49.4 Å². The summed E-state index contributed by atoms with van der Waals surface area (Å²) in [6.45, 7) is 0. The Morgan fingerprint density at radius 2 is 0.758 bits per heavy atom. The zero-order valence-electron chi connectivity index (χ0n) is 33.4. The lowest BCUT2D eigenvalue weighted by molar-refractivity contribution is 1.29. The molecule has 0 N–H and O–H groups in total. The molecule has 1 aliphatic carbocycles. The molecule has 0 aromatic heterocycles. The predicted molar refractivity (Wildman–Crippen MR) is 253 cm³/mol. The van der Waals surface area contributed by atoms with Crippen LogP contribution in [0.3, 0.4) is 0 Å². The summed E-state index contributed by atoms with van der Waals surface area (Å²) in [5, 5.41) is 35.0. The fourth-order valence-electron chi connectivity index (χ4n) is 8.74. The Kier molecular flexibility index (Phi) is 9.64. The van der Waals surface area contributed by atoms with E-state index in [-0.39, 0.29) is 5.57 Å². The van der Waals surface area contributed by atoms with E-state index in [1.165, 1.54) is 10.8 Å². The normalized spacial score (nSPS) is 11.7. The SMILES string of the molecule is N#CC(C#N)=C1C(c2ccc(N(c3ccc(-c4ccc(N(c5ccccc5)c5cccc6ccccc56)cc4)cc3)c3cccc4ccccc34)cc2)=C(C#N)c2ccccc21. The number of allylic oxidation sites excluding steroid dienone is 4. The predicted octanol–water partition coefficient (Wildman–Crippen LogP) is 14.8. The Bertz CT molecular complexity index is 3330. The van der Waals surface area contributed by atoms with Gasteiger partial charge in [0.1, 0.15) is 23.8 Å². The summed E-state index contributed by atoms with van der Waals surface area (Å²) in [7, 11) is 0. The minimum Gasteiger partial charge on any atom is -0.310 e. The fraction of sp³-hybridized carbons (Fsp3) is 0. The van der Waals surface area contributed by atoms with Crippen molar-refractivity contribution in [3.63, 3.8) is 0 Å². The summed E-state index contributed by atoms with van der Waals surface area (Å²) >= 11 is 0. The van der Waals surface area contributed by atoms with E-state index in [2.05, 4.69) is 180 Å². The molecule has 0 bridgehead atoms. The zero-order chi connectivity index (χ0) is 42.0. The molecule has 0 saturated heterocycles. The standard InChI is InChI=1S/C57H35N5/c58-36-44(37-59)57-52-21-9-8-20-51(52)53(38-60)56(57)43-28-34-48(35-29-43)62(55-23-11-15-42-13-5-7-19-50(42)55)47-32-26-40(27-33-47)39-24-30-46(31-25-39)61(45-16-2-1-3-17-45)54-22-10-14-41-12-4-6-18-49(41)54/h1-35H. The van der Waals surface area contributed by atoms with Crippen LogP contribution in [-0.2, 0) is 0 Å². The number of anilines is 6. The number of nitrogens with zero attached hydrogens (tertiary/aromatic N) is 5. The smallest absolute Gasteiger partial charge is 0.138 e. The molecule has 0 saturated carbocycles. The van der Waals surface area contributed by atoms with Gasteiger partial charge in [0.2, 0.25) is 0 Å². The van der Waals surface area contributed by atoms with Gasteiger partial charge < -0.3 is 9.80 Å². The van der Waals surface area contributed by atoms with Gasteiger partial charge in [-0.1, -0.05) is 152 Å². The van der Waals surface area contributed by atoms with Gasteiger partial charge in [-0.25, -0.2) is 0 Å². The van der Waals surface area contributed by atoms with Crippen LogP contribution in [0.2, 0.25) is 0 Å². The molecule has 0 heterocycles. The van der Waals surface area contributed by atoms with Crippen molar-refractivity contribution in [3.05, 3.63) is 235 Å². The van der Waals surface area contributed by atoms with Crippen LogP contribution >= 0.6 is 0 Å². The lowest BCUT2D eigenvalue weighted by Crippen LogP contribution is -2.10. The van der Waals surface area contributed by atoms with Crippen LogP contribution in [0.15, 0.2) is 218 Å². The molecular weight excluding hydrogens is 755 g/mol. The highest BCUT2D eigenvalue weighted by Gasteiger charge is 2.30. The van der Waals surface area contributed by atoms with E-state index in [1.54, 1.807) is 0 Å². The molecule has 5 heteroatoms. The molecule has 0 unspecified atom stereocenters. The second-order valence-corrected chi connectivity index (χ2v) is 15.0. The van der Waals surface area contributed by atoms with Crippen molar-refractivity contribution in [1.29, 1.82) is 15.8 Å². The first-order valence-corrected chi connectivity index (χ1v) is 20.4. The van der Waals surface area contributed by atoms with E-state index in [0.717, 1.165) is 67.2 Å². The molecule has 0 atom stereocenters. The maximum Gasteiger partial charge on any atom is 0.138 e. The first-order valence-electron chi connectivity index (χ1n) is 20.4. The molecule has 0 amide bonds. The molecule has 0 spiro atoms. The van der Waals surface area contributed by atoms with Crippen molar-refractivity contribution in [3.8, 4) is 29.3 Å². The topological polar surface area (TPSA) is 77.8 Å². The van der Waals surface area contributed by atoms with E-state index in [0.29, 0.717) is 22.3 Å². The molecule has 0 fully saturated rings. The van der Waals surface area contributed by atoms with Crippen molar-refractivity contribution >= 4 is 72.4 Å². The molecule has 5 nitrogen and oxygen atoms in total. The van der Waals surface area contributed by atoms with Crippen LogP contribution in [-0.4, -0.2) is 0 Å². The molecule has 9 aromatic carbocycles. The number of nitriles is 3. The van der Waals surface area contributed by atoms with Crippen molar-refractivity contribution in [2.75, 3.05) is 9.80 Å². The maximum atomic E-state index is 10.4. The summed E-state index contributed by atoms with van der Waals surface area (Å²) in [5.41, 5.74) is 12.1. The van der Waals surface area contributed by atoms with Gasteiger partial charge in [0.15, 0.2) is 0 Å². The average Bonchev–Trinajstić information content (AvgIpc) is 3.67. The van der Waals surface area contributed by atoms with E-state index in [4.69, 9.17) is 0 Å². The third kappa shape index (κ3) is 6.52. The highest BCUT2D eigenvalue weighted by atomic mass is 15.1. The van der Waals surface area contributed by atoms with E-state index in [1.807, 2.05) is 60.7 Å². The molecule has 62 heavy (non-hydrogen) atoms. The highest BCUT2D eigenvalue weighted by molar-refractivity contribution is 6.25. The molecule has 9 aromatic rings. The monoisotopic (exact) mass is 789 g/mol. The van der Waals surface area contributed by atoms with Gasteiger partial charge in [-0.2, -0.15) is 15.8 Å². The van der Waals surface area contributed by atoms with Crippen LogP contribution in [0.1, 0.15) is 16.7 Å². The average molecular weight is 790 g/mol. The van der Waals surface area contributed by atoms with Gasteiger partial charge in [0.05, 0.1) is 16.9 Å². The van der Waals surface area contributed by atoms with Gasteiger partial charge in [0.25, 0.3) is 0 Å². The van der Waals surface area contributed by atoms with Gasteiger partial charge >= 0.3 is 0 Å². The Balaban J connectivity index is 1.03. The molecule has 10 rings (SSSR count). The third-order valence-electron chi connectivity index (χ3n) is 11.6. The second-order valence-electron chi connectivity index (χ2n) is 15.0. The summed E-state index contributed by atoms with van der Waals surface area (Å²) in [4.78, 5) is 4.56. The second kappa shape index (κ2) is 16.0. The zero-order valence-corrected chi connectivity index (χ0v) is 33.4. The summed E-state index contributed by atoms with van der Waals surface area (Å²) in [5.74, 6) is 0. The Labute approximate surface area is 360 Å². The first kappa shape index (κ1) is 37.3. The quantitative estimate of drug-likeness (QED) is 0.143. The Morgan fingerprint density at radius 3 is 1.24 bits per heavy atom. The van der Waals surface area contributed by atoms with Gasteiger partial charge in [-0.3, -0.25) is 0 Å². The molecule has 1 aliphatic rings. The van der Waals surface area contributed by atoms with Crippen LogP contribution in [0.5, 0.6) is 0 Å². The summed E-state index contributed by atoms with van der Waals surface area (Å²) in [6, 6.07) is 79.6. The number of para-hydroxylation sites is 1. The van der Waals surface area contributed by atoms with Crippen LogP contribution < -0.4 is 9.80 Å². The van der Waals surface area contributed by atoms with Crippen molar-refractivity contribution in [2.24, 2.45) is 0 Å². The molecule has 288 valence electrons. The fourth-order valence-corrected chi connectivity index (χ4v) is 8.74. The number of rotatable bonds is 8.